The molecule has 0 bridgehead atoms. The van der Waals surface area contributed by atoms with Crippen LogP contribution in [0.3, 0.4) is 0 Å². The first-order chi connectivity index (χ1) is 9.98. The number of carbonyl (C=O) groups excluding carboxylic acids is 1. The molecule has 0 fully saturated rings. The number of rotatable bonds is 5. The van der Waals surface area contributed by atoms with Gasteiger partial charge in [0.2, 0.25) is 0 Å². The molecular weight excluding hydrogens is 288 g/mol. The summed E-state index contributed by atoms with van der Waals surface area (Å²) in [6, 6.07) is 14.4. The van der Waals surface area contributed by atoms with E-state index in [1.165, 1.54) is 6.07 Å². The summed E-state index contributed by atoms with van der Waals surface area (Å²) in [5.74, 6) is 0.0318. The minimum Gasteiger partial charge on any atom is -0.382 e. The Morgan fingerprint density at radius 3 is 2.24 bits per heavy atom. The number of hydrogen-bond acceptors (Lipinski definition) is 4. The van der Waals surface area contributed by atoms with Crippen molar-refractivity contribution in [2.24, 2.45) is 0 Å². The Kier molecular flexibility index (Phi) is 4.55. The van der Waals surface area contributed by atoms with Gasteiger partial charge in [0.15, 0.2) is 12.0 Å². The molecule has 21 heavy (non-hydrogen) atoms. The zero-order valence-electron chi connectivity index (χ0n) is 11.4. The van der Waals surface area contributed by atoms with E-state index in [2.05, 4.69) is 0 Å². The summed E-state index contributed by atoms with van der Waals surface area (Å²) in [4.78, 5) is 11.0. The molecule has 4 nitrogen and oxygen atoms in total. The van der Waals surface area contributed by atoms with Crippen LogP contribution in [0.2, 0.25) is 0 Å². The molecule has 0 unspecified atom stereocenters. The van der Waals surface area contributed by atoms with E-state index in [1.54, 1.807) is 12.1 Å². The third kappa shape index (κ3) is 4.57. The fourth-order valence-corrected chi connectivity index (χ4v) is 2.24. The predicted octanol–water partition coefficient (Wildman–Crippen LogP) is 3.01. The van der Waals surface area contributed by atoms with Crippen molar-refractivity contribution in [1.82, 2.24) is 0 Å². The van der Waals surface area contributed by atoms with Gasteiger partial charge in [-0.05, 0) is 23.3 Å². The second kappa shape index (κ2) is 6.37. The van der Waals surface area contributed by atoms with Gasteiger partial charge in [-0.3, -0.25) is 4.79 Å². The van der Waals surface area contributed by atoms with Crippen LogP contribution in [-0.4, -0.2) is 21.0 Å². The molecule has 0 saturated heterocycles. The Hall–Kier alpha value is -2.40. The maximum Gasteiger partial charge on any atom is 0.306 e. The highest BCUT2D eigenvalue weighted by Gasteiger charge is 2.09. The lowest BCUT2D eigenvalue weighted by atomic mass is 10.1. The van der Waals surface area contributed by atoms with Crippen LogP contribution in [0.5, 0.6) is 5.75 Å². The molecule has 2 aromatic carbocycles. The molecule has 0 spiro atoms. The van der Waals surface area contributed by atoms with Crippen molar-refractivity contribution in [2.75, 3.05) is 6.26 Å². The average Bonchev–Trinajstić information content (AvgIpc) is 2.46. The highest BCUT2D eigenvalue weighted by Crippen LogP contribution is 2.21. The summed E-state index contributed by atoms with van der Waals surface area (Å²) < 4.78 is 27.0. The Morgan fingerprint density at radius 2 is 1.62 bits per heavy atom. The Morgan fingerprint density at radius 1 is 0.952 bits per heavy atom. The van der Waals surface area contributed by atoms with Crippen LogP contribution < -0.4 is 4.18 Å². The molecular formula is C16H14O4S. The van der Waals surface area contributed by atoms with Crippen molar-refractivity contribution < 1.29 is 17.4 Å². The van der Waals surface area contributed by atoms with Gasteiger partial charge in [0.1, 0.15) is 0 Å². The second-order valence-corrected chi connectivity index (χ2v) is 6.02. The van der Waals surface area contributed by atoms with Crippen LogP contribution in [-0.2, 0) is 10.1 Å². The van der Waals surface area contributed by atoms with Crippen molar-refractivity contribution in [3.05, 3.63) is 65.2 Å². The lowest BCUT2D eigenvalue weighted by Gasteiger charge is -2.06. The normalized spacial score (nSPS) is 11.5. The van der Waals surface area contributed by atoms with E-state index in [4.69, 9.17) is 4.18 Å². The number of aldehydes is 1. The van der Waals surface area contributed by atoms with E-state index in [1.807, 2.05) is 42.5 Å². The summed E-state index contributed by atoms with van der Waals surface area (Å²) in [6.07, 6.45) is 5.25. The first-order valence-corrected chi connectivity index (χ1v) is 8.01. The monoisotopic (exact) mass is 302 g/mol. The number of hydrogen-bond donors (Lipinski definition) is 0. The molecule has 0 radical (unpaired) electrons. The van der Waals surface area contributed by atoms with Crippen LogP contribution in [0, 0.1) is 0 Å². The minimum absolute atomic E-state index is 0.0318. The molecule has 2 rings (SSSR count). The summed E-state index contributed by atoms with van der Waals surface area (Å²) >= 11 is 0. The van der Waals surface area contributed by atoms with Gasteiger partial charge in [0.05, 0.1) is 11.8 Å². The van der Waals surface area contributed by atoms with Crippen molar-refractivity contribution in [3.63, 3.8) is 0 Å². The lowest BCUT2D eigenvalue weighted by molar-refractivity contribution is 0.112. The molecule has 0 aromatic heterocycles. The van der Waals surface area contributed by atoms with E-state index in [0.29, 0.717) is 6.29 Å². The van der Waals surface area contributed by atoms with E-state index in [9.17, 15) is 13.2 Å². The Balaban J connectivity index is 2.27. The highest BCUT2D eigenvalue weighted by molar-refractivity contribution is 7.86. The minimum atomic E-state index is -3.65. The molecule has 0 aliphatic heterocycles. The summed E-state index contributed by atoms with van der Waals surface area (Å²) in [6.45, 7) is 0. The van der Waals surface area contributed by atoms with E-state index in [0.717, 1.165) is 17.4 Å². The van der Waals surface area contributed by atoms with Gasteiger partial charge in [0.25, 0.3) is 0 Å². The van der Waals surface area contributed by atoms with Gasteiger partial charge in [0, 0.05) is 0 Å². The number of carbonyl (C=O) groups is 1. The molecule has 2 aromatic rings. The van der Waals surface area contributed by atoms with Crippen LogP contribution in [0.15, 0.2) is 48.5 Å². The highest BCUT2D eigenvalue weighted by atomic mass is 32.2. The summed E-state index contributed by atoms with van der Waals surface area (Å²) in [5.41, 5.74) is 2.00. The van der Waals surface area contributed by atoms with Crippen molar-refractivity contribution in [3.8, 4) is 5.75 Å². The van der Waals surface area contributed by atoms with Crippen molar-refractivity contribution in [2.45, 2.75) is 0 Å². The average molecular weight is 302 g/mol. The van der Waals surface area contributed by atoms with Crippen LogP contribution >= 0.6 is 0 Å². The third-order valence-electron chi connectivity index (χ3n) is 2.67. The smallest absolute Gasteiger partial charge is 0.306 e. The van der Waals surface area contributed by atoms with E-state index < -0.39 is 10.1 Å². The SMILES string of the molecule is CS(=O)(=O)Oc1ccc(/C=C/c2ccccc2)cc1C=O. The van der Waals surface area contributed by atoms with Crippen molar-refractivity contribution >= 4 is 28.6 Å². The standard InChI is InChI=1S/C16H14O4S/c1-21(18,19)20-16-10-9-14(11-15(16)12-17)8-7-13-5-3-2-4-6-13/h2-12H,1H3/b8-7+. The summed E-state index contributed by atoms with van der Waals surface area (Å²) in [5, 5.41) is 0. The van der Waals surface area contributed by atoms with Crippen LogP contribution in [0.4, 0.5) is 0 Å². The van der Waals surface area contributed by atoms with Gasteiger partial charge in [-0.15, -0.1) is 0 Å². The third-order valence-corrected chi connectivity index (χ3v) is 3.15. The van der Waals surface area contributed by atoms with E-state index in [-0.39, 0.29) is 11.3 Å². The Bertz CT molecular complexity index is 762. The zero-order chi connectivity index (χ0) is 15.3. The fraction of sp³-hybridized carbons (Fsp3) is 0.0625. The van der Waals surface area contributed by atoms with Crippen LogP contribution in [0.25, 0.3) is 12.2 Å². The largest absolute Gasteiger partial charge is 0.382 e. The van der Waals surface area contributed by atoms with Crippen molar-refractivity contribution in [1.29, 1.82) is 0 Å². The predicted molar refractivity (Wildman–Crippen MR) is 82.7 cm³/mol. The Labute approximate surface area is 123 Å². The molecule has 0 aliphatic rings. The molecule has 0 heterocycles. The maximum atomic E-state index is 11.1. The molecule has 0 atom stereocenters. The van der Waals surface area contributed by atoms with Gasteiger partial charge in [-0.1, -0.05) is 48.6 Å². The first-order valence-electron chi connectivity index (χ1n) is 6.20. The van der Waals surface area contributed by atoms with Gasteiger partial charge >= 0.3 is 10.1 Å². The van der Waals surface area contributed by atoms with Crippen LogP contribution in [0.1, 0.15) is 21.5 Å². The first kappa shape index (κ1) is 15.0. The van der Waals surface area contributed by atoms with E-state index >= 15 is 0 Å². The fourth-order valence-electron chi connectivity index (χ4n) is 1.76. The lowest BCUT2D eigenvalue weighted by Crippen LogP contribution is -2.07. The summed E-state index contributed by atoms with van der Waals surface area (Å²) in [7, 11) is -3.65. The molecule has 0 amide bonds. The molecule has 0 N–H and O–H groups in total. The molecule has 0 saturated carbocycles. The number of benzene rings is 2. The van der Waals surface area contributed by atoms with Gasteiger partial charge in [-0.25, -0.2) is 0 Å². The molecule has 0 aliphatic carbocycles. The van der Waals surface area contributed by atoms with Gasteiger partial charge in [-0.2, -0.15) is 8.42 Å². The maximum absolute atomic E-state index is 11.1. The molecule has 108 valence electrons. The zero-order valence-corrected chi connectivity index (χ0v) is 12.2. The molecule has 5 heteroatoms. The quantitative estimate of drug-likeness (QED) is 0.484. The van der Waals surface area contributed by atoms with Gasteiger partial charge < -0.3 is 4.18 Å². The topological polar surface area (TPSA) is 60.4 Å². The second-order valence-electron chi connectivity index (χ2n) is 4.45.